The van der Waals surface area contributed by atoms with Gasteiger partial charge in [-0.1, -0.05) is 20.8 Å². The predicted octanol–water partition coefficient (Wildman–Crippen LogP) is 13.9. The maximum Gasteiger partial charge on any atom is 0.338 e. The van der Waals surface area contributed by atoms with E-state index in [9.17, 15) is 39.3 Å². The number of amides is 1. The molecule has 3 atom stereocenters. The van der Waals surface area contributed by atoms with E-state index in [1.165, 1.54) is 27.2 Å². The van der Waals surface area contributed by atoms with Crippen LogP contribution in [0.4, 0.5) is 0 Å². The number of pyridine rings is 1. The zero-order valence-corrected chi connectivity index (χ0v) is 59.2. The highest BCUT2D eigenvalue weighted by molar-refractivity contribution is 9.11. The van der Waals surface area contributed by atoms with Crippen LogP contribution in [0.5, 0.6) is 46.0 Å². The first-order valence-electron chi connectivity index (χ1n) is 30.2. The number of carbonyl (C=O) groups excluding carboxylic acids is 3. The van der Waals surface area contributed by atoms with Crippen molar-refractivity contribution in [2.24, 2.45) is 17.8 Å². The minimum Gasteiger partial charge on any atom is -0.504 e. The molecule has 25 heteroatoms. The largest absolute Gasteiger partial charge is 0.504 e. The van der Waals surface area contributed by atoms with Gasteiger partial charge in [-0.25, -0.2) is 14.4 Å². The second-order valence-electron chi connectivity index (χ2n) is 23.0. The Morgan fingerprint density at radius 1 is 0.516 bits per heavy atom. The van der Waals surface area contributed by atoms with Gasteiger partial charge < -0.3 is 77.7 Å². The van der Waals surface area contributed by atoms with Crippen LogP contribution in [0.25, 0.3) is 0 Å². The first-order valence-corrected chi connectivity index (χ1v) is 33.4. The maximum absolute atomic E-state index is 13.1. The molecule has 21 nitrogen and oxygen atoms in total. The average Bonchev–Trinajstić information content (AvgIpc) is 1.62. The summed E-state index contributed by atoms with van der Waals surface area (Å²) in [5.74, 6) is -0.533. The summed E-state index contributed by atoms with van der Waals surface area (Å²) in [4.78, 5) is 62.7. The smallest absolute Gasteiger partial charge is 0.338 e. The number of rotatable bonds is 12. The number of ether oxygens (including phenoxy) is 11. The van der Waals surface area contributed by atoms with Crippen LogP contribution in [-0.2, 0) is 30.2 Å². The number of nitrogens with one attached hydrogen (secondary N) is 2. The number of esters is 2. The number of hydrogen-bond acceptors (Lipinski definition) is 18. The zero-order valence-electron chi connectivity index (χ0n) is 52.8. The third-order valence-corrected chi connectivity index (χ3v) is 20.0. The molecule has 91 heavy (non-hydrogen) atoms. The SMILES string of the molecule is CCC1(C2CCOCC2)Oc2c(Br)cc(C(=O)NCc3c(C)cc(C)[nH]c3=O)c(C)c2O1.CCC1(C2CCOCC2)Oc2c(Br)cc(C(=O)O)c(C)c2O1.CCC1(C2CCOCC2)Oc2c(Br)cc(C(=O)OC)c(C)c2O1.COC(=O)c1cc(Br)c(O)c(O)c1C. The van der Waals surface area contributed by atoms with Crippen molar-refractivity contribution in [2.45, 2.75) is 144 Å². The minimum atomic E-state index is -0.968. The van der Waals surface area contributed by atoms with Crippen LogP contribution in [0, 0.1) is 59.3 Å². The number of hydrogen-bond donors (Lipinski definition) is 5. The Hall–Kier alpha value is -6.09. The van der Waals surface area contributed by atoms with Crippen molar-refractivity contribution in [3.63, 3.8) is 0 Å². The highest BCUT2D eigenvalue weighted by atomic mass is 79.9. The number of phenols is 2. The summed E-state index contributed by atoms with van der Waals surface area (Å²) in [6.07, 6.45) is 7.42. The Labute approximate surface area is 562 Å². The van der Waals surface area contributed by atoms with Crippen LogP contribution in [-0.4, -0.2) is 115 Å². The molecule has 0 saturated carbocycles. The number of H-pyrrole nitrogens is 1. The summed E-state index contributed by atoms with van der Waals surface area (Å²) in [5.41, 5.74) is 5.78. The van der Waals surface area contributed by atoms with Crippen LogP contribution in [0.15, 0.2) is 53.0 Å². The Morgan fingerprint density at radius 3 is 1.23 bits per heavy atom. The lowest BCUT2D eigenvalue weighted by Gasteiger charge is -2.36. The number of carboxylic acid groups (broad SMARTS) is 1. The first kappa shape index (κ1) is 70.8. The van der Waals surface area contributed by atoms with Crippen molar-refractivity contribution in [3.05, 3.63) is 120 Å². The molecule has 0 bridgehead atoms. The van der Waals surface area contributed by atoms with Gasteiger partial charge in [-0.05, 0) is 180 Å². The number of aromatic hydroxyl groups is 2. The summed E-state index contributed by atoms with van der Waals surface area (Å²) in [7, 11) is 2.62. The second kappa shape index (κ2) is 29.9. The fourth-order valence-electron chi connectivity index (χ4n) is 12.3. The lowest BCUT2D eigenvalue weighted by atomic mass is 9.89. The molecule has 3 fully saturated rings. The highest BCUT2D eigenvalue weighted by Crippen LogP contribution is 2.55. The van der Waals surface area contributed by atoms with Gasteiger partial charge in [0.2, 0.25) is 0 Å². The Balaban J connectivity index is 0.000000162. The van der Waals surface area contributed by atoms with Gasteiger partial charge in [0.05, 0.1) is 48.8 Å². The van der Waals surface area contributed by atoms with E-state index in [-0.39, 0.29) is 74.4 Å². The monoisotopic (exact) mass is 1520 g/mol. The van der Waals surface area contributed by atoms with Gasteiger partial charge in [0.15, 0.2) is 46.0 Å². The van der Waals surface area contributed by atoms with Gasteiger partial charge >= 0.3 is 17.9 Å². The quantitative estimate of drug-likeness (QED) is 0.0573. The number of halogens is 4. The lowest BCUT2D eigenvalue weighted by Crippen LogP contribution is -2.47. The van der Waals surface area contributed by atoms with Gasteiger partial charge in [0.1, 0.15) is 0 Å². The number of phenolic OH excluding ortho intramolecular Hbond substituents is 2. The summed E-state index contributed by atoms with van der Waals surface area (Å²) in [6.45, 7) is 21.2. The molecule has 3 saturated heterocycles. The van der Waals surface area contributed by atoms with Gasteiger partial charge in [-0.15, -0.1) is 0 Å². The van der Waals surface area contributed by atoms with Crippen molar-refractivity contribution in [2.75, 3.05) is 53.9 Å². The number of carbonyl (C=O) groups is 4. The molecular weight excluding hydrogens is 1440 g/mol. The fraction of sp³-hybridized carbons (Fsp3) is 0.500. The van der Waals surface area contributed by atoms with Crippen LogP contribution < -0.4 is 39.3 Å². The van der Waals surface area contributed by atoms with Crippen LogP contribution in [0.2, 0.25) is 0 Å². The van der Waals surface area contributed by atoms with Crippen molar-refractivity contribution < 1.29 is 86.6 Å². The highest BCUT2D eigenvalue weighted by Gasteiger charge is 2.52. The molecule has 1 amide bonds. The fourth-order valence-corrected chi connectivity index (χ4v) is 14.1. The van der Waals surface area contributed by atoms with Crippen molar-refractivity contribution in [1.29, 1.82) is 0 Å². The average molecular weight is 1520 g/mol. The summed E-state index contributed by atoms with van der Waals surface area (Å²) >= 11 is 13.5. The molecule has 494 valence electrons. The van der Waals surface area contributed by atoms with Crippen molar-refractivity contribution >= 4 is 87.5 Å². The molecule has 11 rings (SSSR count). The molecule has 0 aliphatic carbocycles. The zero-order chi connectivity index (χ0) is 66.4. The third-order valence-electron chi connectivity index (χ3n) is 17.7. The molecule has 4 aromatic carbocycles. The number of aromatic amines is 1. The molecule has 6 aliphatic rings. The van der Waals surface area contributed by atoms with Gasteiger partial charge in [0, 0.05) is 122 Å². The van der Waals surface area contributed by atoms with Crippen LogP contribution in [0.3, 0.4) is 0 Å². The number of aryl methyl sites for hydroxylation is 2. The van der Waals surface area contributed by atoms with Gasteiger partial charge in [-0.2, -0.15) is 0 Å². The number of aromatic carboxylic acids is 1. The first-order chi connectivity index (χ1) is 43.2. The molecule has 0 radical (unpaired) electrons. The topological polar surface area (TPSA) is 275 Å². The molecule has 0 spiro atoms. The van der Waals surface area contributed by atoms with Crippen LogP contribution >= 0.6 is 63.7 Å². The van der Waals surface area contributed by atoms with E-state index in [0.29, 0.717) is 109 Å². The van der Waals surface area contributed by atoms with E-state index in [2.05, 4.69) is 92.6 Å². The van der Waals surface area contributed by atoms with Gasteiger partial charge in [0.25, 0.3) is 28.8 Å². The number of aromatic nitrogens is 1. The number of benzene rings is 4. The van der Waals surface area contributed by atoms with E-state index in [1.54, 1.807) is 25.1 Å². The van der Waals surface area contributed by atoms with E-state index in [4.69, 9.17) is 47.4 Å². The standard InChI is InChI=1S/C24H29BrN2O5.C17H21BrO5.C16H19BrO5.C9H9BrO4/c1-5-24(16-6-8-30-9-7-16)31-20-15(4)17(11-19(25)21(20)32-24)22(28)26-12-18-13(2)10-14(3)27-23(18)29;1-4-17(11-5-7-21-8-6-11)22-14-10(2)12(16(19)20-3)9-13(18)15(14)23-17;1-3-16(10-4-6-20-7-5-10)21-13-9(2)11(15(18)19)8-12(17)14(13)22-16;1-4-5(9(13)14-2)3-6(10)8(12)7(4)11/h10-11,16H,5-9,12H2,1-4H3,(H,26,28)(H,27,29);9,11H,4-8H2,1-3H3;8,10H,3-7H2,1-2H3,(H,18,19);3,11-12H,1-2H3. The van der Waals surface area contributed by atoms with Gasteiger partial charge in [-0.3, -0.25) is 9.59 Å². The van der Waals surface area contributed by atoms with E-state index >= 15 is 0 Å². The normalized spacial score (nSPS) is 20.6. The Morgan fingerprint density at radius 2 is 0.857 bits per heavy atom. The molecule has 5 N–H and O–H groups in total. The lowest BCUT2D eigenvalue weighted by molar-refractivity contribution is -0.152. The van der Waals surface area contributed by atoms with E-state index in [1.807, 2.05) is 40.7 Å². The van der Waals surface area contributed by atoms with E-state index < -0.39 is 29.3 Å². The number of carboxylic acids is 1. The molecular formula is C66H78Br4N2O19. The van der Waals surface area contributed by atoms with E-state index in [0.717, 1.165) is 80.5 Å². The molecule has 5 aromatic rings. The predicted molar refractivity (Wildman–Crippen MR) is 350 cm³/mol. The van der Waals surface area contributed by atoms with Crippen LogP contribution in [0.1, 0.15) is 159 Å². The van der Waals surface area contributed by atoms with Crippen molar-refractivity contribution in [1.82, 2.24) is 10.3 Å². The van der Waals surface area contributed by atoms with Crippen molar-refractivity contribution in [3.8, 4) is 46.0 Å². The Bertz CT molecular complexity index is 3630. The second-order valence-corrected chi connectivity index (χ2v) is 26.4. The molecule has 7 heterocycles. The molecule has 1 aromatic heterocycles. The summed E-state index contributed by atoms with van der Waals surface area (Å²) < 4.78 is 65.9. The maximum atomic E-state index is 13.1. The number of fused-ring (bicyclic) bond motifs is 3. The summed E-state index contributed by atoms with van der Waals surface area (Å²) in [6, 6.07) is 8.37. The summed E-state index contributed by atoms with van der Waals surface area (Å²) in [5, 5.41) is 30.9. The number of methoxy groups -OCH3 is 2. The minimum absolute atomic E-state index is 0.146. The molecule has 6 aliphatic heterocycles. The Kier molecular flexibility index (Phi) is 23.2. The third kappa shape index (κ3) is 14.7. The molecule has 3 unspecified atom stereocenters.